The van der Waals surface area contributed by atoms with Crippen molar-refractivity contribution < 1.29 is 14.5 Å². The number of pyridine rings is 1. The summed E-state index contributed by atoms with van der Waals surface area (Å²) in [6.07, 6.45) is 1.55. The lowest BCUT2D eigenvalue weighted by Crippen LogP contribution is -2.41. The largest absolute Gasteiger partial charge is 0.319 e. The van der Waals surface area contributed by atoms with Crippen molar-refractivity contribution in [2.75, 3.05) is 19.4 Å². The second-order valence-corrected chi connectivity index (χ2v) is 9.33. The number of hydrogen-bond donors (Lipinski definition) is 3. The van der Waals surface area contributed by atoms with Crippen LogP contribution < -0.4 is 16.3 Å². The van der Waals surface area contributed by atoms with E-state index in [4.69, 9.17) is 16.5 Å². The zero-order valence-corrected chi connectivity index (χ0v) is 22.3. The summed E-state index contributed by atoms with van der Waals surface area (Å²) in [5.41, 5.74) is 5.41. The number of rotatable bonds is 7. The fourth-order valence-corrected chi connectivity index (χ4v) is 4.47. The Morgan fingerprint density at radius 3 is 2.60 bits per heavy atom. The Morgan fingerprint density at radius 2 is 1.86 bits per heavy atom. The molecule has 0 bridgehead atoms. The molecule has 0 saturated carbocycles. The number of halogens is 3. The lowest BCUT2D eigenvalue weighted by Gasteiger charge is -2.17. The molecule has 2 heterocycles. The summed E-state index contributed by atoms with van der Waals surface area (Å²) in [6.45, 7) is 0. The summed E-state index contributed by atoms with van der Waals surface area (Å²) in [6, 6.07) is 14.0. The lowest BCUT2D eigenvalue weighted by atomic mass is 10.0. The third-order valence-electron chi connectivity index (χ3n) is 4.71. The van der Waals surface area contributed by atoms with Gasteiger partial charge in [0, 0.05) is 30.8 Å². The van der Waals surface area contributed by atoms with Crippen molar-refractivity contribution in [3.8, 4) is 5.82 Å². The van der Waals surface area contributed by atoms with Crippen molar-refractivity contribution in [1.82, 2.24) is 30.8 Å². The molecule has 0 aliphatic rings. The molecule has 3 N–H and O–H groups in total. The highest BCUT2D eigenvalue weighted by atomic mass is 79.9. The lowest BCUT2D eigenvalue weighted by molar-refractivity contribution is -0.187. The molecule has 10 nitrogen and oxygen atoms in total. The van der Waals surface area contributed by atoms with Gasteiger partial charge in [0.25, 0.3) is 11.8 Å². The van der Waals surface area contributed by atoms with Crippen LogP contribution in [0.15, 0.2) is 63.8 Å². The Labute approximate surface area is 221 Å². The molecule has 2 aromatic heterocycles. The van der Waals surface area contributed by atoms with Crippen molar-refractivity contribution >= 4 is 71.7 Å². The van der Waals surface area contributed by atoms with E-state index in [1.54, 1.807) is 38.5 Å². The summed E-state index contributed by atoms with van der Waals surface area (Å²) in [7, 11) is 3.29. The molecule has 4 rings (SSSR count). The first-order valence-corrected chi connectivity index (χ1v) is 12.0. The van der Waals surface area contributed by atoms with E-state index in [0.717, 1.165) is 10.8 Å². The van der Waals surface area contributed by atoms with Crippen LogP contribution in [0.3, 0.4) is 0 Å². The van der Waals surface area contributed by atoms with Gasteiger partial charge in [-0.3, -0.25) is 15.0 Å². The number of fused-ring (bicyclic) bond motifs is 1. The van der Waals surface area contributed by atoms with Gasteiger partial charge >= 0.3 is 0 Å². The van der Waals surface area contributed by atoms with Crippen LogP contribution in [0.5, 0.6) is 0 Å². The third-order valence-corrected chi connectivity index (χ3v) is 6.22. The average molecular weight is 624 g/mol. The summed E-state index contributed by atoms with van der Waals surface area (Å²) in [5, 5.41) is 10.4. The summed E-state index contributed by atoms with van der Waals surface area (Å²) in [4.78, 5) is 35.7. The SMILES string of the molecule is CN(C)ONNC(=O)c1cc2ccccc2c(Br)c1NC(=O)c1cc(Br)nn1-c1ncccc1Cl. The molecule has 180 valence electrons. The van der Waals surface area contributed by atoms with Crippen molar-refractivity contribution in [3.05, 3.63) is 80.1 Å². The predicted octanol–water partition coefficient (Wildman–Crippen LogP) is 4.49. The Morgan fingerprint density at radius 1 is 1.09 bits per heavy atom. The minimum Gasteiger partial charge on any atom is -0.319 e. The molecule has 2 aromatic carbocycles. The molecule has 35 heavy (non-hydrogen) atoms. The van der Waals surface area contributed by atoms with E-state index in [-0.39, 0.29) is 22.8 Å². The van der Waals surface area contributed by atoms with Gasteiger partial charge in [0.1, 0.15) is 10.3 Å². The summed E-state index contributed by atoms with van der Waals surface area (Å²) >= 11 is 13.1. The van der Waals surface area contributed by atoms with Gasteiger partial charge < -0.3 is 5.32 Å². The number of benzene rings is 2. The van der Waals surface area contributed by atoms with Crippen LogP contribution in [0.2, 0.25) is 5.02 Å². The maximum atomic E-state index is 13.4. The van der Waals surface area contributed by atoms with Crippen LogP contribution in [-0.2, 0) is 4.94 Å². The number of hydroxylamine groups is 2. The number of nitrogens with one attached hydrogen (secondary N) is 3. The number of amides is 2. The quantitative estimate of drug-likeness (QED) is 0.260. The van der Waals surface area contributed by atoms with E-state index < -0.39 is 11.8 Å². The van der Waals surface area contributed by atoms with Crippen LogP contribution in [0.25, 0.3) is 16.6 Å². The van der Waals surface area contributed by atoms with Gasteiger partial charge in [-0.1, -0.05) is 41.5 Å². The van der Waals surface area contributed by atoms with E-state index in [1.807, 2.05) is 24.3 Å². The van der Waals surface area contributed by atoms with Gasteiger partial charge in [-0.25, -0.2) is 9.67 Å². The third kappa shape index (κ3) is 5.53. The van der Waals surface area contributed by atoms with Crippen molar-refractivity contribution in [2.24, 2.45) is 0 Å². The average Bonchev–Trinajstić information content (AvgIpc) is 3.22. The van der Waals surface area contributed by atoms with Crippen molar-refractivity contribution in [2.45, 2.75) is 0 Å². The molecule has 0 atom stereocenters. The molecule has 0 aliphatic heterocycles. The Hall–Kier alpha value is -2.87. The Balaban J connectivity index is 1.75. The first-order valence-electron chi connectivity index (χ1n) is 10.0. The number of nitrogens with zero attached hydrogens (tertiary/aromatic N) is 4. The Bertz CT molecular complexity index is 1430. The van der Waals surface area contributed by atoms with Gasteiger partial charge in [-0.15, -0.1) is 0 Å². The molecular weight excluding hydrogens is 606 g/mol. The smallest absolute Gasteiger partial charge is 0.274 e. The zero-order valence-electron chi connectivity index (χ0n) is 18.3. The maximum absolute atomic E-state index is 13.4. The number of hydrogen-bond acceptors (Lipinski definition) is 7. The standard InChI is InChI=1S/C22H18Br2ClN7O3/c1-31(2)35-30-28-21(33)14-10-12-6-3-4-7-13(12)18(24)19(14)27-22(34)16-11-17(23)29-32(16)20-15(25)8-5-9-26-20/h3-11,30H,1-2H3,(H,27,34)(H,28,33). The van der Waals surface area contributed by atoms with Gasteiger partial charge in [0.2, 0.25) is 0 Å². The fourth-order valence-electron chi connectivity index (χ4n) is 3.22. The molecular formula is C22H18Br2ClN7O3. The normalized spacial score (nSPS) is 11.1. The highest BCUT2D eigenvalue weighted by Gasteiger charge is 2.23. The number of carbonyl (C=O) groups excluding carboxylic acids is 2. The molecule has 0 aliphatic carbocycles. The molecule has 13 heteroatoms. The minimum atomic E-state index is -0.535. The van der Waals surface area contributed by atoms with Gasteiger partial charge in [-0.05, 0) is 60.8 Å². The van der Waals surface area contributed by atoms with Gasteiger partial charge in [-0.2, -0.15) is 15.1 Å². The topological polar surface area (TPSA) is 113 Å². The van der Waals surface area contributed by atoms with Crippen LogP contribution in [0.4, 0.5) is 5.69 Å². The first-order chi connectivity index (χ1) is 16.8. The highest BCUT2D eigenvalue weighted by Crippen LogP contribution is 2.35. The van der Waals surface area contributed by atoms with E-state index in [1.165, 1.54) is 15.8 Å². The second kappa shape index (κ2) is 10.8. The van der Waals surface area contributed by atoms with Crippen LogP contribution >= 0.6 is 43.5 Å². The van der Waals surface area contributed by atoms with Crippen LogP contribution in [0.1, 0.15) is 20.8 Å². The van der Waals surface area contributed by atoms with Crippen molar-refractivity contribution in [1.29, 1.82) is 0 Å². The fraction of sp³-hybridized carbons (Fsp3) is 0.0909. The van der Waals surface area contributed by atoms with E-state index in [2.05, 4.69) is 58.3 Å². The maximum Gasteiger partial charge on any atom is 0.274 e. The number of carbonyl (C=O) groups is 2. The number of aromatic nitrogens is 3. The molecule has 4 aromatic rings. The Kier molecular flexibility index (Phi) is 7.79. The summed E-state index contributed by atoms with van der Waals surface area (Å²) in [5.74, 6) is -0.783. The molecule has 0 saturated heterocycles. The first kappa shape index (κ1) is 25.2. The van der Waals surface area contributed by atoms with Crippen LogP contribution in [0, 0.1) is 0 Å². The van der Waals surface area contributed by atoms with E-state index in [9.17, 15) is 9.59 Å². The number of anilines is 1. The molecule has 0 spiro atoms. The molecule has 0 unspecified atom stereocenters. The second-order valence-electron chi connectivity index (χ2n) is 7.32. The summed E-state index contributed by atoms with van der Waals surface area (Å²) < 4.78 is 2.26. The minimum absolute atomic E-state index is 0.151. The van der Waals surface area contributed by atoms with E-state index in [0.29, 0.717) is 14.1 Å². The van der Waals surface area contributed by atoms with Crippen LogP contribution in [-0.4, -0.2) is 45.7 Å². The molecule has 0 fully saturated rings. The highest BCUT2D eigenvalue weighted by molar-refractivity contribution is 9.11. The van der Waals surface area contributed by atoms with E-state index >= 15 is 0 Å². The molecule has 2 amide bonds. The zero-order chi connectivity index (χ0) is 25.1. The monoisotopic (exact) mass is 621 g/mol. The van der Waals surface area contributed by atoms with Gasteiger partial charge in [0.15, 0.2) is 5.82 Å². The van der Waals surface area contributed by atoms with Gasteiger partial charge in [0.05, 0.1) is 16.3 Å². The number of hydrazine groups is 1. The predicted molar refractivity (Wildman–Crippen MR) is 139 cm³/mol. The van der Waals surface area contributed by atoms with Crippen molar-refractivity contribution in [3.63, 3.8) is 0 Å². The molecule has 0 radical (unpaired) electrons.